The zero-order chi connectivity index (χ0) is 15.1. The van der Waals surface area contributed by atoms with Crippen LogP contribution in [0.3, 0.4) is 0 Å². The second kappa shape index (κ2) is 7.13. The highest BCUT2D eigenvalue weighted by Gasteiger charge is 2.21. The average Bonchev–Trinajstić information content (AvgIpc) is 2.43. The number of hydrogen-bond donors (Lipinski definition) is 3. The number of carboxylic acid groups (broad SMARTS) is 1. The number of anilines is 1. The summed E-state index contributed by atoms with van der Waals surface area (Å²) in [4.78, 5) is 33.9. The first kappa shape index (κ1) is 15.5. The molecule has 0 fully saturated rings. The van der Waals surface area contributed by atoms with Crippen LogP contribution in [0.1, 0.15) is 23.2 Å². The maximum absolute atomic E-state index is 11.9. The molecule has 1 aromatic rings. The molecule has 0 spiro atoms. The Morgan fingerprint density at radius 3 is 2.40 bits per heavy atom. The monoisotopic (exact) mass is 280 g/mol. The number of carboxylic acids is 1. The van der Waals surface area contributed by atoms with Crippen molar-refractivity contribution in [3.05, 3.63) is 29.8 Å². The minimum absolute atomic E-state index is 0.0390. The van der Waals surface area contributed by atoms with Crippen molar-refractivity contribution in [1.29, 1.82) is 0 Å². The first-order chi connectivity index (χ1) is 9.43. The number of methoxy groups -OCH3 is 1. The maximum Gasteiger partial charge on any atom is 0.326 e. The van der Waals surface area contributed by atoms with Crippen molar-refractivity contribution in [3.8, 4) is 0 Å². The second-order valence-electron chi connectivity index (χ2n) is 4.10. The Morgan fingerprint density at radius 2 is 1.90 bits per heavy atom. The van der Waals surface area contributed by atoms with Crippen molar-refractivity contribution in [1.82, 2.24) is 5.32 Å². The number of ether oxygens (including phenoxy) is 1. The van der Waals surface area contributed by atoms with Crippen molar-refractivity contribution in [2.24, 2.45) is 0 Å². The fourth-order valence-electron chi connectivity index (χ4n) is 1.50. The van der Waals surface area contributed by atoms with Gasteiger partial charge in [-0.2, -0.15) is 0 Å². The Kier molecular flexibility index (Phi) is 5.52. The predicted molar refractivity (Wildman–Crippen MR) is 71.0 cm³/mol. The first-order valence-electron chi connectivity index (χ1n) is 5.90. The highest BCUT2D eigenvalue weighted by Crippen LogP contribution is 2.07. The molecule has 0 saturated carbocycles. The first-order valence-corrected chi connectivity index (χ1v) is 5.90. The van der Waals surface area contributed by atoms with Crippen LogP contribution < -0.4 is 11.1 Å². The van der Waals surface area contributed by atoms with E-state index in [1.165, 1.54) is 19.2 Å². The van der Waals surface area contributed by atoms with Gasteiger partial charge in [-0.05, 0) is 30.7 Å². The molecular weight excluding hydrogens is 264 g/mol. The summed E-state index contributed by atoms with van der Waals surface area (Å²) in [6.07, 6.45) is -0.127. The molecule has 0 aromatic heterocycles. The van der Waals surface area contributed by atoms with Crippen LogP contribution in [0.15, 0.2) is 24.3 Å². The highest BCUT2D eigenvalue weighted by atomic mass is 16.5. The number of amides is 1. The Bertz CT molecular complexity index is 498. The van der Waals surface area contributed by atoms with E-state index in [1.807, 2.05) is 0 Å². The van der Waals surface area contributed by atoms with Crippen LogP contribution in [0.5, 0.6) is 0 Å². The highest BCUT2D eigenvalue weighted by molar-refractivity contribution is 5.96. The quantitative estimate of drug-likeness (QED) is 0.513. The van der Waals surface area contributed by atoms with Gasteiger partial charge in [0.2, 0.25) is 0 Å². The average molecular weight is 280 g/mol. The molecule has 0 aliphatic heterocycles. The number of nitrogens with two attached hydrogens (primary N) is 1. The lowest BCUT2D eigenvalue weighted by Crippen LogP contribution is -2.41. The Morgan fingerprint density at radius 1 is 1.30 bits per heavy atom. The SMILES string of the molecule is COC(=O)CC[C@@H](NC(=O)c1ccc(N)cc1)C(=O)O. The van der Waals surface area contributed by atoms with Crippen LogP contribution in [0.2, 0.25) is 0 Å². The summed E-state index contributed by atoms with van der Waals surface area (Å²) in [5.74, 6) is -2.28. The number of hydrogen-bond acceptors (Lipinski definition) is 5. The summed E-state index contributed by atoms with van der Waals surface area (Å²) in [5, 5.41) is 11.4. The molecule has 0 heterocycles. The zero-order valence-corrected chi connectivity index (χ0v) is 11.0. The summed E-state index contributed by atoms with van der Waals surface area (Å²) >= 11 is 0. The fourth-order valence-corrected chi connectivity index (χ4v) is 1.50. The van der Waals surface area contributed by atoms with Gasteiger partial charge in [0.15, 0.2) is 0 Å². The lowest BCUT2D eigenvalue weighted by atomic mass is 10.1. The molecule has 1 atom stereocenters. The standard InChI is InChI=1S/C13H16N2O5/c1-20-11(16)7-6-10(13(18)19)15-12(17)8-2-4-9(14)5-3-8/h2-5,10H,6-7,14H2,1H3,(H,15,17)(H,18,19)/t10-/m1/s1. The second-order valence-corrected chi connectivity index (χ2v) is 4.10. The van der Waals surface area contributed by atoms with Crippen LogP contribution >= 0.6 is 0 Å². The van der Waals surface area contributed by atoms with Gasteiger partial charge in [0.05, 0.1) is 7.11 Å². The maximum atomic E-state index is 11.9. The van der Waals surface area contributed by atoms with Gasteiger partial charge in [0, 0.05) is 17.7 Å². The number of rotatable bonds is 6. The van der Waals surface area contributed by atoms with Gasteiger partial charge < -0.3 is 20.9 Å². The molecule has 7 nitrogen and oxygen atoms in total. The van der Waals surface area contributed by atoms with Crippen molar-refractivity contribution in [2.45, 2.75) is 18.9 Å². The lowest BCUT2D eigenvalue weighted by Gasteiger charge is -2.14. The lowest BCUT2D eigenvalue weighted by molar-refractivity contribution is -0.142. The molecule has 1 amide bonds. The predicted octanol–water partition coefficient (Wildman–Crippen LogP) is 0.405. The number of nitrogens with one attached hydrogen (secondary N) is 1. The molecule has 0 aliphatic carbocycles. The molecule has 108 valence electrons. The summed E-state index contributed by atoms with van der Waals surface area (Å²) in [6, 6.07) is 4.91. The minimum atomic E-state index is -1.21. The minimum Gasteiger partial charge on any atom is -0.480 e. The van der Waals surface area contributed by atoms with Crippen molar-refractivity contribution in [2.75, 3.05) is 12.8 Å². The molecule has 0 unspecified atom stereocenters. The summed E-state index contributed by atoms with van der Waals surface area (Å²) in [5.41, 5.74) is 6.29. The third kappa shape index (κ3) is 4.60. The van der Waals surface area contributed by atoms with Crippen molar-refractivity contribution in [3.63, 3.8) is 0 Å². The van der Waals surface area contributed by atoms with Gasteiger partial charge >= 0.3 is 11.9 Å². The van der Waals surface area contributed by atoms with Gasteiger partial charge in [0.1, 0.15) is 6.04 Å². The van der Waals surface area contributed by atoms with Crippen LogP contribution in [0.4, 0.5) is 5.69 Å². The molecule has 20 heavy (non-hydrogen) atoms. The number of esters is 1. The van der Waals surface area contributed by atoms with E-state index in [0.717, 1.165) is 0 Å². The van der Waals surface area contributed by atoms with Crippen LogP contribution in [0.25, 0.3) is 0 Å². The van der Waals surface area contributed by atoms with Crippen LogP contribution in [-0.2, 0) is 14.3 Å². The van der Waals surface area contributed by atoms with E-state index in [-0.39, 0.29) is 12.8 Å². The van der Waals surface area contributed by atoms with Gasteiger partial charge in [-0.1, -0.05) is 0 Å². The molecule has 4 N–H and O–H groups in total. The molecular formula is C13H16N2O5. The fraction of sp³-hybridized carbons (Fsp3) is 0.308. The molecule has 7 heteroatoms. The van der Waals surface area contributed by atoms with Gasteiger partial charge in [-0.3, -0.25) is 9.59 Å². The number of carbonyl (C=O) groups excluding carboxylic acids is 2. The Balaban J connectivity index is 2.65. The number of carbonyl (C=O) groups is 3. The van der Waals surface area contributed by atoms with Crippen LogP contribution in [0, 0.1) is 0 Å². The van der Waals surface area contributed by atoms with E-state index in [1.54, 1.807) is 12.1 Å². The van der Waals surface area contributed by atoms with E-state index in [9.17, 15) is 14.4 Å². The molecule has 1 rings (SSSR count). The number of aliphatic carboxylic acids is 1. The zero-order valence-electron chi connectivity index (χ0n) is 11.0. The molecule has 0 bridgehead atoms. The summed E-state index contributed by atoms with van der Waals surface area (Å²) < 4.78 is 4.42. The number of nitrogen functional groups attached to an aromatic ring is 1. The van der Waals surface area contributed by atoms with Crippen LogP contribution in [-0.4, -0.2) is 36.1 Å². The smallest absolute Gasteiger partial charge is 0.326 e. The summed E-state index contributed by atoms with van der Waals surface area (Å²) in [6.45, 7) is 0. The molecule has 0 aliphatic rings. The van der Waals surface area contributed by atoms with Gasteiger partial charge in [-0.15, -0.1) is 0 Å². The molecule has 0 radical (unpaired) electrons. The van der Waals surface area contributed by atoms with Crippen molar-refractivity contribution < 1.29 is 24.2 Å². The van der Waals surface area contributed by atoms with E-state index in [2.05, 4.69) is 10.1 Å². The normalized spacial score (nSPS) is 11.4. The van der Waals surface area contributed by atoms with Gasteiger partial charge in [0.25, 0.3) is 5.91 Å². The van der Waals surface area contributed by atoms with E-state index in [4.69, 9.17) is 10.8 Å². The topological polar surface area (TPSA) is 119 Å². The third-order valence-electron chi connectivity index (χ3n) is 2.64. The van der Waals surface area contributed by atoms with Gasteiger partial charge in [-0.25, -0.2) is 4.79 Å². The van der Waals surface area contributed by atoms with E-state index in [0.29, 0.717) is 11.3 Å². The van der Waals surface area contributed by atoms with E-state index >= 15 is 0 Å². The Hall–Kier alpha value is -2.57. The largest absolute Gasteiger partial charge is 0.480 e. The summed E-state index contributed by atoms with van der Waals surface area (Å²) in [7, 11) is 1.21. The van der Waals surface area contributed by atoms with E-state index < -0.39 is 23.9 Å². The molecule has 0 saturated heterocycles. The third-order valence-corrected chi connectivity index (χ3v) is 2.64. The molecule has 1 aromatic carbocycles. The Labute approximate surface area is 115 Å². The number of benzene rings is 1. The van der Waals surface area contributed by atoms with Crippen molar-refractivity contribution >= 4 is 23.5 Å².